The van der Waals surface area contributed by atoms with Crippen LogP contribution in [0.3, 0.4) is 0 Å². The number of aryl methyl sites for hydroxylation is 2. The van der Waals surface area contributed by atoms with Crippen LogP contribution in [0.2, 0.25) is 0 Å². The van der Waals surface area contributed by atoms with Crippen molar-refractivity contribution in [2.24, 2.45) is 0 Å². The molecule has 3 rings (SSSR count). The summed E-state index contributed by atoms with van der Waals surface area (Å²) < 4.78 is 17.4. The van der Waals surface area contributed by atoms with Gasteiger partial charge >= 0.3 is 0 Å². The SMILES string of the molecule is COCCO.COc1ccc(CN(Cc2ccc(OC)cc2)SCCc2ncc(C)cn2)cc1. The number of rotatable bonds is 12. The third kappa shape index (κ3) is 10.5. The van der Waals surface area contributed by atoms with Crippen LogP contribution in [0.5, 0.6) is 11.5 Å². The Morgan fingerprint density at radius 2 is 1.32 bits per heavy atom. The predicted molar refractivity (Wildman–Crippen MR) is 137 cm³/mol. The maximum Gasteiger partial charge on any atom is 0.129 e. The van der Waals surface area contributed by atoms with Gasteiger partial charge in [0.1, 0.15) is 17.3 Å². The van der Waals surface area contributed by atoms with Crippen LogP contribution in [0.15, 0.2) is 60.9 Å². The van der Waals surface area contributed by atoms with E-state index >= 15 is 0 Å². The zero-order valence-electron chi connectivity index (χ0n) is 20.4. The van der Waals surface area contributed by atoms with Crippen LogP contribution in [0.4, 0.5) is 0 Å². The van der Waals surface area contributed by atoms with Crippen molar-refractivity contribution in [2.75, 3.05) is 40.3 Å². The van der Waals surface area contributed by atoms with Gasteiger partial charge in [0.05, 0.1) is 27.4 Å². The number of methoxy groups -OCH3 is 3. The zero-order chi connectivity index (χ0) is 24.6. The summed E-state index contributed by atoms with van der Waals surface area (Å²) in [4.78, 5) is 8.82. The molecule has 0 atom stereocenters. The molecule has 0 aliphatic carbocycles. The molecule has 0 bridgehead atoms. The van der Waals surface area contributed by atoms with Crippen LogP contribution < -0.4 is 9.47 Å². The largest absolute Gasteiger partial charge is 0.497 e. The van der Waals surface area contributed by atoms with Gasteiger partial charge in [0.15, 0.2) is 0 Å². The number of ether oxygens (including phenoxy) is 3. The lowest BCUT2D eigenvalue weighted by molar-refractivity contribution is 0.135. The molecule has 0 unspecified atom stereocenters. The molecule has 3 aromatic rings. The Morgan fingerprint density at radius 1 is 0.824 bits per heavy atom. The molecule has 1 heterocycles. The summed E-state index contributed by atoms with van der Waals surface area (Å²) in [6, 6.07) is 16.5. The lowest BCUT2D eigenvalue weighted by Gasteiger charge is -2.21. The Labute approximate surface area is 207 Å². The van der Waals surface area contributed by atoms with E-state index in [1.165, 1.54) is 11.1 Å². The molecule has 8 heteroatoms. The lowest BCUT2D eigenvalue weighted by Crippen LogP contribution is -2.16. The van der Waals surface area contributed by atoms with Gasteiger partial charge in [-0.05, 0) is 47.9 Å². The maximum absolute atomic E-state index is 7.94. The first-order valence-corrected chi connectivity index (χ1v) is 12.0. The molecule has 0 radical (unpaired) electrons. The van der Waals surface area contributed by atoms with Crippen LogP contribution in [0.1, 0.15) is 22.5 Å². The van der Waals surface area contributed by atoms with Crippen molar-refractivity contribution >= 4 is 11.9 Å². The average molecular weight is 486 g/mol. The van der Waals surface area contributed by atoms with Crippen molar-refractivity contribution < 1.29 is 19.3 Å². The van der Waals surface area contributed by atoms with Crippen LogP contribution in [-0.4, -0.2) is 59.7 Å². The maximum atomic E-state index is 7.94. The molecule has 0 aliphatic rings. The number of hydrogen-bond acceptors (Lipinski definition) is 8. The minimum absolute atomic E-state index is 0.122. The fourth-order valence-electron chi connectivity index (χ4n) is 2.92. The van der Waals surface area contributed by atoms with Gasteiger partial charge in [0.2, 0.25) is 0 Å². The van der Waals surface area contributed by atoms with Crippen LogP contribution in [0.25, 0.3) is 0 Å². The third-order valence-electron chi connectivity index (χ3n) is 4.77. The highest BCUT2D eigenvalue weighted by Crippen LogP contribution is 2.22. The van der Waals surface area contributed by atoms with E-state index in [0.717, 1.165) is 48.2 Å². The van der Waals surface area contributed by atoms with Crippen molar-refractivity contribution in [3.63, 3.8) is 0 Å². The Morgan fingerprint density at radius 3 is 1.71 bits per heavy atom. The fraction of sp³-hybridized carbons (Fsp3) is 0.385. The predicted octanol–water partition coefficient (Wildman–Crippen LogP) is 4.32. The second-order valence-electron chi connectivity index (χ2n) is 7.47. The Kier molecular flexibility index (Phi) is 13.0. The molecule has 7 nitrogen and oxygen atoms in total. The summed E-state index contributed by atoms with van der Waals surface area (Å²) in [6.07, 6.45) is 4.59. The van der Waals surface area contributed by atoms with E-state index in [0.29, 0.717) is 6.61 Å². The van der Waals surface area contributed by atoms with Crippen LogP contribution >= 0.6 is 11.9 Å². The first kappa shape index (κ1) is 27.6. The van der Waals surface area contributed by atoms with Gasteiger partial charge in [-0.15, -0.1) is 0 Å². The number of aromatic nitrogens is 2. The minimum Gasteiger partial charge on any atom is -0.497 e. The number of nitrogens with zero attached hydrogens (tertiary/aromatic N) is 3. The average Bonchev–Trinajstić information content (AvgIpc) is 2.87. The van der Waals surface area contributed by atoms with Gasteiger partial charge in [0, 0.05) is 44.8 Å². The second kappa shape index (κ2) is 16.1. The molecular formula is C26H35N3O4S. The van der Waals surface area contributed by atoms with Gasteiger partial charge in [0.25, 0.3) is 0 Å². The molecule has 0 saturated carbocycles. The lowest BCUT2D eigenvalue weighted by atomic mass is 10.2. The van der Waals surface area contributed by atoms with Crippen LogP contribution in [0, 0.1) is 6.92 Å². The quantitative estimate of drug-likeness (QED) is 0.380. The Balaban J connectivity index is 0.000000739. The van der Waals surface area contributed by atoms with Gasteiger partial charge in [-0.2, -0.15) is 0 Å². The summed E-state index contributed by atoms with van der Waals surface area (Å²) in [6.45, 7) is 4.26. The first-order valence-electron chi connectivity index (χ1n) is 11.1. The van der Waals surface area contributed by atoms with Crippen LogP contribution in [-0.2, 0) is 24.2 Å². The molecule has 0 spiro atoms. The summed E-state index contributed by atoms with van der Waals surface area (Å²) in [7, 11) is 4.93. The Bertz CT molecular complexity index is 871. The monoisotopic (exact) mass is 485 g/mol. The number of hydrogen-bond donors (Lipinski definition) is 1. The van der Waals surface area contributed by atoms with Crippen molar-refractivity contribution in [1.29, 1.82) is 0 Å². The molecule has 1 N–H and O–H groups in total. The second-order valence-corrected chi connectivity index (χ2v) is 8.65. The highest BCUT2D eigenvalue weighted by molar-refractivity contribution is 7.96. The molecule has 2 aromatic carbocycles. The Hall–Kier alpha value is -2.65. The molecule has 34 heavy (non-hydrogen) atoms. The summed E-state index contributed by atoms with van der Waals surface area (Å²) in [5.41, 5.74) is 3.58. The minimum atomic E-state index is 0.122. The topological polar surface area (TPSA) is 76.9 Å². The smallest absolute Gasteiger partial charge is 0.129 e. The van der Waals surface area contributed by atoms with E-state index in [1.54, 1.807) is 21.3 Å². The molecule has 184 valence electrons. The van der Waals surface area contributed by atoms with E-state index in [2.05, 4.69) is 43.3 Å². The van der Waals surface area contributed by atoms with Gasteiger partial charge < -0.3 is 19.3 Å². The van der Waals surface area contributed by atoms with Crippen molar-refractivity contribution in [2.45, 2.75) is 26.4 Å². The molecule has 1 aromatic heterocycles. The number of aliphatic hydroxyl groups is 1. The normalized spacial score (nSPS) is 10.5. The van der Waals surface area contributed by atoms with Crippen molar-refractivity contribution in [3.05, 3.63) is 83.4 Å². The fourth-order valence-corrected chi connectivity index (χ4v) is 3.93. The van der Waals surface area contributed by atoms with E-state index in [1.807, 2.05) is 55.5 Å². The first-order chi connectivity index (χ1) is 16.6. The summed E-state index contributed by atoms with van der Waals surface area (Å²) >= 11 is 1.82. The van der Waals surface area contributed by atoms with Gasteiger partial charge in [-0.3, -0.25) is 0 Å². The molecule has 0 aliphatic heterocycles. The van der Waals surface area contributed by atoms with Crippen molar-refractivity contribution in [3.8, 4) is 11.5 Å². The molecule has 0 saturated heterocycles. The van der Waals surface area contributed by atoms with E-state index in [9.17, 15) is 0 Å². The summed E-state index contributed by atoms with van der Waals surface area (Å²) in [5, 5.41) is 7.94. The third-order valence-corrected chi connectivity index (χ3v) is 5.78. The van der Waals surface area contributed by atoms with E-state index in [-0.39, 0.29) is 6.61 Å². The number of aliphatic hydroxyl groups excluding tert-OH is 1. The number of benzene rings is 2. The highest BCUT2D eigenvalue weighted by atomic mass is 32.2. The van der Waals surface area contributed by atoms with Gasteiger partial charge in [-0.1, -0.05) is 36.2 Å². The standard InChI is InChI=1S/C23H27N3O2S.C3H8O2/c1-18-14-24-23(25-15-18)12-13-29-26(16-19-4-8-21(27-2)9-5-19)17-20-6-10-22(28-3)11-7-20;1-5-3-2-4/h4-11,14-15H,12-13,16-17H2,1-3H3;4H,2-3H2,1H3. The summed E-state index contributed by atoms with van der Waals surface area (Å²) in [5.74, 6) is 3.56. The van der Waals surface area contributed by atoms with Crippen molar-refractivity contribution in [1.82, 2.24) is 14.3 Å². The van der Waals surface area contributed by atoms with E-state index < -0.39 is 0 Å². The highest BCUT2D eigenvalue weighted by Gasteiger charge is 2.10. The molecule has 0 amide bonds. The van der Waals surface area contributed by atoms with E-state index in [4.69, 9.17) is 14.6 Å². The van der Waals surface area contributed by atoms with Gasteiger partial charge in [-0.25, -0.2) is 14.3 Å². The zero-order valence-corrected chi connectivity index (χ0v) is 21.3. The molecular weight excluding hydrogens is 450 g/mol. The molecule has 0 fully saturated rings.